The zero-order valence-electron chi connectivity index (χ0n) is 16.7. The molecule has 3 rings (SSSR count). The summed E-state index contributed by atoms with van der Waals surface area (Å²) < 4.78 is 43.5. The van der Waals surface area contributed by atoms with E-state index in [2.05, 4.69) is 10.3 Å². The summed E-state index contributed by atoms with van der Waals surface area (Å²) in [4.78, 5) is 8.21. The average Bonchev–Trinajstić information content (AvgIpc) is 2.66. The van der Waals surface area contributed by atoms with Gasteiger partial charge >= 0.3 is 0 Å². The van der Waals surface area contributed by atoms with Crippen molar-refractivity contribution in [3.63, 3.8) is 0 Å². The lowest BCUT2D eigenvalue weighted by atomic mass is 10.1. The van der Waals surface area contributed by atoms with E-state index in [1.807, 2.05) is 15.9 Å². The van der Waals surface area contributed by atoms with Crippen molar-refractivity contribution in [1.29, 1.82) is 0 Å². The molecule has 156 valence electrons. The molecule has 0 atom stereocenters. The van der Waals surface area contributed by atoms with Crippen molar-refractivity contribution in [2.45, 2.75) is 25.1 Å². The molecule has 9 heteroatoms. The van der Waals surface area contributed by atoms with Gasteiger partial charge in [0.15, 0.2) is 15.8 Å². The molecule has 2 heterocycles. The first-order valence-corrected chi connectivity index (χ1v) is 11.2. The molecule has 2 aliphatic rings. The van der Waals surface area contributed by atoms with Gasteiger partial charge in [0.2, 0.25) is 0 Å². The van der Waals surface area contributed by atoms with Gasteiger partial charge in [-0.3, -0.25) is 4.99 Å². The third kappa shape index (κ3) is 4.41. The van der Waals surface area contributed by atoms with Crippen molar-refractivity contribution in [2.75, 3.05) is 57.1 Å². The predicted octanol–water partition coefficient (Wildman–Crippen LogP) is 1.25. The summed E-state index contributed by atoms with van der Waals surface area (Å²) in [6, 6.07) is 5.24. The number of hydrogen-bond donors (Lipinski definition) is 1. The Morgan fingerprint density at radius 3 is 2.61 bits per heavy atom. The fourth-order valence-corrected chi connectivity index (χ4v) is 4.92. The van der Waals surface area contributed by atoms with Gasteiger partial charge in [-0.05, 0) is 31.5 Å². The topological polar surface area (TPSA) is 74.2 Å². The number of halogens is 1. The molecule has 0 spiro atoms. The van der Waals surface area contributed by atoms with Crippen LogP contribution >= 0.6 is 0 Å². The van der Waals surface area contributed by atoms with Gasteiger partial charge in [0.1, 0.15) is 5.82 Å². The number of nitrogens with zero attached hydrogens (tertiary/aromatic N) is 3. The normalized spacial score (nSPS) is 22.2. The van der Waals surface area contributed by atoms with Crippen LogP contribution in [0.25, 0.3) is 0 Å². The van der Waals surface area contributed by atoms with Crippen molar-refractivity contribution in [3.05, 3.63) is 29.6 Å². The number of sulfone groups is 1. The monoisotopic (exact) mass is 412 g/mol. The Morgan fingerprint density at radius 1 is 1.29 bits per heavy atom. The molecular weight excluding hydrogens is 383 g/mol. The minimum Gasteiger partial charge on any atom is -0.378 e. The van der Waals surface area contributed by atoms with E-state index in [1.54, 1.807) is 27.0 Å². The van der Waals surface area contributed by atoms with E-state index < -0.39 is 14.6 Å². The van der Waals surface area contributed by atoms with E-state index in [1.165, 1.54) is 6.07 Å². The number of ether oxygens (including phenoxy) is 1. The quantitative estimate of drug-likeness (QED) is 0.595. The van der Waals surface area contributed by atoms with Crippen LogP contribution in [0.3, 0.4) is 0 Å². The van der Waals surface area contributed by atoms with Gasteiger partial charge < -0.3 is 19.9 Å². The van der Waals surface area contributed by atoms with Crippen molar-refractivity contribution >= 4 is 21.5 Å². The highest BCUT2D eigenvalue weighted by molar-refractivity contribution is 7.92. The van der Waals surface area contributed by atoms with Gasteiger partial charge in [0, 0.05) is 39.8 Å². The Morgan fingerprint density at radius 2 is 2.00 bits per heavy atom. The summed E-state index contributed by atoms with van der Waals surface area (Å²) in [6.45, 7) is 7.26. The van der Waals surface area contributed by atoms with Gasteiger partial charge in [-0.15, -0.1) is 0 Å². The van der Waals surface area contributed by atoms with Crippen molar-refractivity contribution in [3.8, 4) is 0 Å². The van der Waals surface area contributed by atoms with Crippen LogP contribution in [-0.4, -0.2) is 76.2 Å². The molecule has 7 nitrogen and oxygen atoms in total. The molecule has 2 aliphatic heterocycles. The Labute approximate surface area is 166 Å². The van der Waals surface area contributed by atoms with Gasteiger partial charge in [0.05, 0.1) is 29.4 Å². The molecule has 0 aromatic heterocycles. The Balaban J connectivity index is 1.63. The third-order valence-electron chi connectivity index (χ3n) is 5.37. The lowest BCUT2D eigenvalue weighted by Gasteiger charge is -2.39. The van der Waals surface area contributed by atoms with Crippen LogP contribution in [0.1, 0.15) is 19.4 Å². The van der Waals surface area contributed by atoms with Crippen LogP contribution in [0.2, 0.25) is 0 Å². The lowest BCUT2D eigenvalue weighted by molar-refractivity contribution is 0.122. The van der Waals surface area contributed by atoms with Gasteiger partial charge in [-0.25, -0.2) is 12.8 Å². The fraction of sp³-hybridized carbons (Fsp3) is 0.632. The maximum atomic E-state index is 14.6. The highest BCUT2D eigenvalue weighted by atomic mass is 32.2. The highest BCUT2D eigenvalue weighted by Gasteiger charge is 2.40. The fourth-order valence-electron chi connectivity index (χ4n) is 3.56. The number of morpholine rings is 1. The first-order valence-electron chi connectivity index (χ1n) is 9.52. The molecule has 0 bridgehead atoms. The largest absolute Gasteiger partial charge is 0.378 e. The molecule has 0 saturated carbocycles. The molecule has 0 aliphatic carbocycles. The zero-order chi connectivity index (χ0) is 20.4. The van der Waals surface area contributed by atoms with Crippen LogP contribution in [-0.2, 0) is 21.1 Å². The molecule has 0 radical (unpaired) electrons. The van der Waals surface area contributed by atoms with Crippen molar-refractivity contribution in [2.24, 2.45) is 4.99 Å². The number of hydrogen-bond acceptors (Lipinski definition) is 5. The standard InChI is InChI=1S/C19H29FN4O3S/c1-19(2)14-24(8-11-28(19,25)26)18(21-3)22-13-15-4-5-17(16(20)12-15)23-6-9-27-10-7-23/h4-5,12H,6-11,13-14H2,1-3H3,(H,21,22). The highest BCUT2D eigenvalue weighted by Crippen LogP contribution is 2.24. The second-order valence-electron chi connectivity index (χ2n) is 7.79. The minimum atomic E-state index is -3.11. The minimum absolute atomic E-state index is 0.101. The molecule has 1 aromatic carbocycles. The van der Waals surface area contributed by atoms with E-state index in [4.69, 9.17) is 4.74 Å². The van der Waals surface area contributed by atoms with E-state index >= 15 is 0 Å². The molecule has 2 saturated heterocycles. The van der Waals surface area contributed by atoms with Crippen molar-refractivity contribution in [1.82, 2.24) is 10.2 Å². The maximum Gasteiger partial charge on any atom is 0.193 e. The summed E-state index contributed by atoms with van der Waals surface area (Å²) in [5.41, 5.74) is 1.40. The van der Waals surface area contributed by atoms with Gasteiger partial charge in [0.25, 0.3) is 0 Å². The molecule has 1 aromatic rings. The molecule has 28 heavy (non-hydrogen) atoms. The van der Waals surface area contributed by atoms with E-state index in [-0.39, 0.29) is 11.6 Å². The second-order valence-corrected chi connectivity index (χ2v) is 10.5. The smallest absolute Gasteiger partial charge is 0.193 e. The molecular formula is C19H29FN4O3S. The number of aliphatic imine (C=N–C) groups is 1. The lowest BCUT2D eigenvalue weighted by Crippen LogP contribution is -2.57. The maximum absolute atomic E-state index is 14.6. The molecule has 1 N–H and O–H groups in total. The molecule has 0 unspecified atom stereocenters. The van der Waals surface area contributed by atoms with Crippen LogP contribution in [0, 0.1) is 5.82 Å². The number of rotatable bonds is 3. The number of benzene rings is 1. The van der Waals surface area contributed by atoms with Crippen LogP contribution in [0.5, 0.6) is 0 Å². The number of anilines is 1. The molecule has 2 fully saturated rings. The summed E-state index contributed by atoms with van der Waals surface area (Å²) in [5, 5.41) is 3.23. The second kappa shape index (κ2) is 8.24. The van der Waals surface area contributed by atoms with Gasteiger partial charge in [-0.1, -0.05) is 6.07 Å². The van der Waals surface area contributed by atoms with Crippen molar-refractivity contribution < 1.29 is 17.5 Å². The summed E-state index contributed by atoms with van der Waals surface area (Å²) in [6.07, 6.45) is 0. The Hall–Kier alpha value is -1.87. The van der Waals surface area contributed by atoms with Crippen LogP contribution in [0.15, 0.2) is 23.2 Å². The zero-order valence-corrected chi connectivity index (χ0v) is 17.6. The summed E-state index contributed by atoms with van der Waals surface area (Å²) in [7, 11) is -1.44. The predicted molar refractivity (Wildman–Crippen MR) is 109 cm³/mol. The Bertz CT molecular complexity index is 836. The van der Waals surface area contributed by atoms with E-state index in [0.717, 1.165) is 5.56 Å². The third-order valence-corrected chi connectivity index (χ3v) is 7.90. The van der Waals surface area contributed by atoms with Crippen LogP contribution in [0.4, 0.5) is 10.1 Å². The van der Waals surface area contributed by atoms with E-state index in [0.29, 0.717) is 57.6 Å². The number of guanidine groups is 1. The van der Waals surface area contributed by atoms with Gasteiger partial charge in [-0.2, -0.15) is 0 Å². The first kappa shape index (κ1) is 20.9. The molecule has 0 amide bonds. The average molecular weight is 413 g/mol. The van der Waals surface area contributed by atoms with E-state index in [9.17, 15) is 12.8 Å². The number of nitrogens with one attached hydrogen (secondary N) is 1. The Kier molecular flexibility index (Phi) is 6.14. The first-order chi connectivity index (χ1) is 13.2. The summed E-state index contributed by atoms with van der Waals surface area (Å²) in [5.74, 6) is 0.478. The summed E-state index contributed by atoms with van der Waals surface area (Å²) >= 11 is 0. The SMILES string of the molecule is CN=C(NCc1ccc(N2CCOCC2)c(F)c1)N1CCS(=O)(=O)C(C)(C)C1. The van der Waals surface area contributed by atoms with Crippen LogP contribution < -0.4 is 10.2 Å².